The predicted molar refractivity (Wildman–Crippen MR) is 108 cm³/mol. The van der Waals surface area contributed by atoms with Crippen LogP contribution in [0, 0.1) is 34.0 Å². The second-order valence-electron chi connectivity index (χ2n) is 7.40. The van der Waals surface area contributed by atoms with Gasteiger partial charge >= 0.3 is 0 Å². The van der Waals surface area contributed by atoms with E-state index in [0.717, 1.165) is 12.8 Å². The predicted octanol–water partition coefficient (Wildman–Crippen LogP) is 2.73. The number of anilines is 4. The van der Waals surface area contributed by atoms with Gasteiger partial charge in [-0.05, 0) is 37.3 Å². The zero-order valence-corrected chi connectivity index (χ0v) is 16.1. The third-order valence-corrected chi connectivity index (χ3v) is 5.42. The van der Waals surface area contributed by atoms with Gasteiger partial charge in [-0.1, -0.05) is 0 Å². The number of nitriles is 2. The van der Waals surface area contributed by atoms with E-state index < -0.39 is 11.3 Å². The van der Waals surface area contributed by atoms with E-state index in [-0.39, 0.29) is 18.2 Å². The third kappa shape index (κ3) is 3.65. The summed E-state index contributed by atoms with van der Waals surface area (Å²) in [6.07, 6.45) is 5.29. The lowest BCUT2D eigenvalue weighted by Gasteiger charge is -2.21. The minimum atomic E-state index is -0.894. The largest absolute Gasteiger partial charge is 0.325 e. The number of amides is 2. The molecule has 0 aromatic carbocycles. The lowest BCUT2D eigenvalue weighted by molar-refractivity contribution is -0.123. The summed E-state index contributed by atoms with van der Waals surface area (Å²) in [5.41, 5.74) is 0.282. The fourth-order valence-electron chi connectivity index (χ4n) is 3.77. The van der Waals surface area contributed by atoms with Gasteiger partial charge in [0.25, 0.3) is 0 Å². The molecular weight excluding hydrogens is 382 g/mol. The molecule has 30 heavy (non-hydrogen) atoms. The molecule has 150 valence electrons. The standard InChI is InChI=1S/C21H19N7O2/c22-7-3-19(29)26-15-4-8-24-17(11-15)27-18-12-16(5-9-25-18)28-10-6-21(13-23,20(28)30)14-1-2-14/h4-5,8-9,11-12,14H,1-3,6,10H2,(H2,24,25,26,27,29)/t21-/m1/s1. The molecule has 1 aliphatic carbocycles. The molecule has 2 amide bonds. The molecule has 1 atom stereocenters. The van der Waals surface area contributed by atoms with Crippen molar-refractivity contribution < 1.29 is 9.59 Å². The van der Waals surface area contributed by atoms with Gasteiger partial charge in [0, 0.05) is 42.4 Å². The number of pyridine rings is 2. The Balaban J connectivity index is 1.50. The Hall–Kier alpha value is -3.98. The summed E-state index contributed by atoms with van der Waals surface area (Å²) in [6, 6.07) is 10.8. The van der Waals surface area contributed by atoms with Gasteiger partial charge in [-0.25, -0.2) is 9.97 Å². The number of carbonyl (C=O) groups excluding carboxylic acids is 2. The summed E-state index contributed by atoms with van der Waals surface area (Å²) in [5, 5.41) is 23.9. The van der Waals surface area contributed by atoms with Crippen molar-refractivity contribution in [3.05, 3.63) is 36.7 Å². The average molecular weight is 401 g/mol. The van der Waals surface area contributed by atoms with E-state index in [1.165, 1.54) is 6.20 Å². The molecule has 1 aliphatic heterocycles. The SMILES string of the molecule is N#CCC(=O)Nc1ccnc(Nc2cc(N3CC[C@@](C#N)(C4CC4)C3=O)ccn2)c1. The van der Waals surface area contributed by atoms with Crippen LogP contribution in [0.15, 0.2) is 36.7 Å². The van der Waals surface area contributed by atoms with E-state index >= 15 is 0 Å². The fourth-order valence-corrected chi connectivity index (χ4v) is 3.77. The second-order valence-corrected chi connectivity index (χ2v) is 7.40. The van der Waals surface area contributed by atoms with Crippen molar-refractivity contribution in [1.29, 1.82) is 10.5 Å². The fraction of sp³-hybridized carbons (Fsp3) is 0.333. The molecule has 2 fully saturated rings. The van der Waals surface area contributed by atoms with Crippen LogP contribution in [0.4, 0.5) is 23.0 Å². The van der Waals surface area contributed by atoms with Crippen LogP contribution in [0.1, 0.15) is 25.7 Å². The summed E-state index contributed by atoms with van der Waals surface area (Å²) in [6.45, 7) is 0.505. The first-order valence-corrected chi connectivity index (χ1v) is 9.65. The van der Waals surface area contributed by atoms with Gasteiger partial charge in [0.2, 0.25) is 11.8 Å². The Morgan fingerprint density at radius 2 is 1.93 bits per heavy atom. The Bertz CT molecular complexity index is 1080. The summed E-state index contributed by atoms with van der Waals surface area (Å²) in [4.78, 5) is 34.7. The van der Waals surface area contributed by atoms with Crippen molar-refractivity contribution >= 4 is 34.8 Å². The van der Waals surface area contributed by atoms with Crippen molar-refractivity contribution in [2.75, 3.05) is 22.1 Å². The van der Waals surface area contributed by atoms with E-state index in [1.54, 1.807) is 41.4 Å². The maximum absolute atomic E-state index is 13.0. The van der Waals surface area contributed by atoms with Crippen molar-refractivity contribution in [3.8, 4) is 12.1 Å². The Morgan fingerprint density at radius 3 is 2.63 bits per heavy atom. The van der Waals surface area contributed by atoms with Crippen molar-refractivity contribution in [2.24, 2.45) is 11.3 Å². The first-order valence-electron chi connectivity index (χ1n) is 9.65. The lowest BCUT2D eigenvalue weighted by atomic mass is 9.83. The Labute approximate surface area is 173 Å². The molecule has 3 heterocycles. The normalized spacial score (nSPS) is 20.3. The van der Waals surface area contributed by atoms with Gasteiger partial charge in [-0.2, -0.15) is 10.5 Å². The van der Waals surface area contributed by atoms with Crippen LogP contribution in [0.5, 0.6) is 0 Å². The highest BCUT2D eigenvalue weighted by molar-refractivity contribution is 6.02. The van der Waals surface area contributed by atoms with Gasteiger partial charge in [0.1, 0.15) is 23.5 Å². The monoisotopic (exact) mass is 401 g/mol. The molecule has 2 N–H and O–H groups in total. The summed E-state index contributed by atoms with van der Waals surface area (Å²) >= 11 is 0. The zero-order valence-electron chi connectivity index (χ0n) is 16.1. The molecule has 1 saturated carbocycles. The van der Waals surface area contributed by atoms with Crippen LogP contribution in [-0.4, -0.2) is 28.3 Å². The van der Waals surface area contributed by atoms with Gasteiger partial charge in [0.05, 0.1) is 12.1 Å². The number of nitrogens with one attached hydrogen (secondary N) is 2. The van der Waals surface area contributed by atoms with Crippen LogP contribution in [-0.2, 0) is 9.59 Å². The first-order chi connectivity index (χ1) is 14.6. The zero-order chi connectivity index (χ0) is 21.1. The lowest BCUT2D eigenvalue weighted by Crippen LogP contribution is -2.35. The number of rotatable bonds is 6. The molecule has 0 unspecified atom stereocenters. The number of aromatic nitrogens is 2. The maximum Gasteiger partial charge on any atom is 0.247 e. The maximum atomic E-state index is 13.0. The molecule has 9 nitrogen and oxygen atoms in total. The number of carbonyl (C=O) groups is 2. The van der Waals surface area contributed by atoms with Gasteiger partial charge in [0.15, 0.2) is 0 Å². The molecular formula is C21H19N7O2. The Morgan fingerprint density at radius 1 is 1.20 bits per heavy atom. The highest BCUT2D eigenvalue weighted by Crippen LogP contribution is 2.51. The number of nitrogens with zero attached hydrogens (tertiary/aromatic N) is 5. The van der Waals surface area contributed by atoms with Crippen LogP contribution >= 0.6 is 0 Å². The summed E-state index contributed by atoms with van der Waals surface area (Å²) in [5.74, 6) is 0.562. The number of hydrogen-bond donors (Lipinski definition) is 2. The highest BCUT2D eigenvalue weighted by Gasteiger charge is 2.56. The molecule has 4 rings (SSSR count). The quantitative estimate of drug-likeness (QED) is 0.760. The van der Waals surface area contributed by atoms with Gasteiger partial charge in [-0.3, -0.25) is 9.59 Å². The molecule has 0 radical (unpaired) electrons. The molecule has 0 spiro atoms. The van der Waals surface area contributed by atoms with Crippen molar-refractivity contribution in [2.45, 2.75) is 25.7 Å². The van der Waals surface area contributed by atoms with Gasteiger partial charge in [-0.15, -0.1) is 0 Å². The van der Waals surface area contributed by atoms with E-state index in [2.05, 4.69) is 26.7 Å². The third-order valence-electron chi connectivity index (χ3n) is 5.42. The minimum absolute atomic E-state index is 0.134. The molecule has 2 aromatic rings. The molecule has 9 heteroatoms. The van der Waals surface area contributed by atoms with Crippen LogP contribution < -0.4 is 15.5 Å². The second kappa shape index (κ2) is 7.80. The van der Waals surface area contributed by atoms with E-state index in [9.17, 15) is 14.9 Å². The van der Waals surface area contributed by atoms with Crippen LogP contribution in [0.2, 0.25) is 0 Å². The Kier molecular flexibility index (Phi) is 5.03. The smallest absolute Gasteiger partial charge is 0.247 e. The summed E-state index contributed by atoms with van der Waals surface area (Å²) in [7, 11) is 0. The molecule has 0 bridgehead atoms. The van der Waals surface area contributed by atoms with E-state index in [4.69, 9.17) is 5.26 Å². The van der Waals surface area contributed by atoms with Crippen molar-refractivity contribution in [3.63, 3.8) is 0 Å². The van der Waals surface area contributed by atoms with E-state index in [1.807, 2.05) is 0 Å². The van der Waals surface area contributed by atoms with Crippen molar-refractivity contribution in [1.82, 2.24) is 9.97 Å². The van der Waals surface area contributed by atoms with Gasteiger partial charge < -0.3 is 15.5 Å². The highest BCUT2D eigenvalue weighted by atomic mass is 16.2. The first kappa shape index (κ1) is 19.3. The molecule has 2 aliphatic rings. The van der Waals surface area contributed by atoms with E-state index in [0.29, 0.717) is 36.0 Å². The summed E-state index contributed by atoms with van der Waals surface area (Å²) < 4.78 is 0. The minimum Gasteiger partial charge on any atom is -0.325 e. The molecule has 2 aromatic heterocycles. The average Bonchev–Trinajstić information content (AvgIpc) is 3.53. The topological polar surface area (TPSA) is 135 Å². The number of hydrogen-bond acceptors (Lipinski definition) is 7. The van der Waals surface area contributed by atoms with Crippen LogP contribution in [0.3, 0.4) is 0 Å². The van der Waals surface area contributed by atoms with Crippen LogP contribution in [0.25, 0.3) is 0 Å². The molecule has 1 saturated heterocycles.